The number of ether oxygens (including phenoxy) is 3. The van der Waals surface area contributed by atoms with E-state index in [9.17, 15) is 9.59 Å². The summed E-state index contributed by atoms with van der Waals surface area (Å²) in [7, 11) is 1.58. The summed E-state index contributed by atoms with van der Waals surface area (Å²) in [6.07, 6.45) is 0.645. The number of allylic oxidation sites excluding steroid dienone is 1. The van der Waals surface area contributed by atoms with Gasteiger partial charge in [0.1, 0.15) is 17.2 Å². The summed E-state index contributed by atoms with van der Waals surface area (Å²) < 4.78 is 16.0. The van der Waals surface area contributed by atoms with Gasteiger partial charge in [0.05, 0.1) is 12.7 Å². The number of hydrogen-bond donors (Lipinski definition) is 1. The minimum absolute atomic E-state index is 0.198. The molecule has 6 nitrogen and oxygen atoms in total. The fourth-order valence-electron chi connectivity index (χ4n) is 2.35. The molecular formula is C19H16O6. The van der Waals surface area contributed by atoms with Crippen LogP contribution in [0.4, 0.5) is 0 Å². The summed E-state index contributed by atoms with van der Waals surface area (Å²) in [6.45, 7) is 1.43. The fourth-order valence-corrected chi connectivity index (χ4v) is 2.35. The normalized spacial score (nSPS) is 15.4. The van der Waals surface area contributed by atoms with Crippen molar-refractivity contribution >= 4 is 17.8 Å². The SMILES string of the molecule is COc1ccc(C=C2Oc3cc(OC(C)C(=O)O)ccc3C2=O)cc1. The number of hydrogen-bond acceptors (Lipinski definition) is 5. The third kappa shape index (κ3) is 3.47. The number of fused-ring (bicyclic) bond motifs is 1. The van der Waals surface area contributed by atoms with E-state index in [1.54, 1.807) is 37.5 Å². The number of ketones is 1. The van der Waals surface area contributed by atoms with Crippen LogP contribution < -0.4 is 14.2 Å². The highest BCUT2D eigenvalue weighted by Gasteiger charge is 2.28. The van der Waals surface area contributed by atoms with Crippen molar-refractivity contribution in [2.45, 2.75) is 13.0 Å². The largest absolute Gasteiger partial charge is 0.497 e. The van der Waals surface area contributed by atoms with Crippen molar-refractivity contribution in [3.63, 3.8) is 0 Å². The zero-order valence-corrected chi connectivity index (χ0v) is 13.7. The van der Waals surface area contributed by atoms with Crippen LogP contribution in [0.2, 0.25) is 0 Å². The van der Waals surface area contributed by atoms with E-state index >= 15 is 0 Å². The third-order valence-corrected chi connectivity index (χ3v) is 3.72. The van der Waals surface area contributed by atoms with E-state index in [-0.39, 0.29) is 11.5 Å². The fraction of sp³-hybridized carbons (Fsp3) is 0.158. The molecule has 128 valence electrons. The standard InChI is InChI=1S/C19H16O6/c1-11(19(21)22)24-14-7-8-15-16(10-14)25-17(18(15)20)9-12-3-5-13(23-2)6-4-12/h3-11H,1-2H3,(H,21,22). The van der Waals surface area contributed by atoms with Gasteiger partial charge in [-0.25, -0.2) is 4.79 Å². The van der Waals surface area contributed by atoms with Gasteiger partial charge in [-0.15, -0.1) is 0 Å². The molecule has 0 fully saturated rings. The number of carboxylic acids is 1. The number of carbonyl (C=O) groups is 2. The average molecular weight is 340 g/mol. The number of rotatable bonds is 5. The molecule has 1 heterocycles. The lowest BCUT2D eigenvalue weighted by atomic mass is 10.1. The first-order valence-electron chi connectivity index (χ1n) is 7.60. The topological polar surface area (TPSA) is 82.1 Å². The van der Waals surface area contributed by atoms with Crippen LogP contribution in [0.25, 0.3) is 6.08 Å². The molecule has 1 aliphatic heterocycles. The highest BCUT2D eigenvalue weighted by atomic mass is 16.5. The molecule has 1 aliphatic rings. The van der Waals surface area contributed by atoms with E-state index < -0.39 is 12.1 Å². The molecule has 0 radical (unpaired) electrons. The first-order chi connectivity index (χ1) is 12.0. The molecule has 2 aromatic rings. The Hall–Kier alpha value is -3.28. The van der Waals surface area contributed by atoms with Crippen molar-refractivity contribution in [1.82, 2.24) is 0 Å². The van der Waals surface area contributed by atoms with E-state index in [0.717, 1.165) is 11.3 Å². The van der Waals surface area contributed by atoms with Gasteiger partial charge in [0.2, 0.25) is 5.78 Å². The van der Waals surface area contributed by atoms with Crippen molar-refractivity contribution in [1.29, 1.82) is 0 Å². The predicted molar refractivity (Wildman–Crippen MR) is 90.1 cm³/mol. The molecule has 0 saturated heterocycles. The molecule has 6 heteroatoms. The lowest BCUT2D eigenvalue weighted by Crippen LogP contribution is -2.22. The third-order valence-electron chi connectivity index (χ3n) is 3.72. The summed E-state index contributed by atoms with van der Waals surface area (Å²) in [5.74, 6) is 0.287. The predicted octanol–water partition coefficient (Wildman–Crippen LogP) is 3.16. The van der Waals surface area contributed by atoms with Crippen LogP contribution >= 0.6 is 0 Å². The monoisotopic (exact) mass is 340 g/mol. The molecule has 0 saturated carbocycles. The molecule has 0 spiro atoms. The van der Waals surface area contributed by atoms with E-state index in [4.69, 9.17) is 19.3 Å². The second kappa shape index (κ2) is 6.68. The second-order valence-electron chi connectivity index (χ2n) is 5.47. The molecule has 1 N–H and O–H groups in total. The van der Waals surface area contributed by atoms with E-state index in [0.29, 0.717) is 17.1 Å². The number of aliphatic carboxylic acids is 1. The Morgan fingerprint density at radius 1 is 1.16 bits per heavy atom. The van der Waals surface area contributed by atoms with Crippen molar-refractivity contribution < 1.29 is 28.9 Å². The van der Waals surface area contributed by atoms with E-state index in [1.165, 1.54) is 13.0 Å². The Morgan fingerprint density at radius 3 is 2.48 bits per heavy atom. The Balaban J connectivity index is 1.82. The molecular weight excluding hydrogens is 324 g/mol. The molecule has 3 rings (SSSR count). The molecule has 1 atom stereocenters. The summed E-state index contributed by atoms with van der Waals surface area (Å²) >= 11 is 0. The maximum atomic E-state index is 12.4. The van der Waals surface area contributed by atoms with Crippen molar-refractivity contribution in [2.24, 2.45) is 0 Å². The zero-order valence-electron chi connectivity index (χ0n) is 13.7. The van der Waals surface area contributed by atoms with Crippen LogP contribution in [-0.4, -0.2) is 30.1 Å². The lowest BCUT2D eigenvalue weighted by molar-refractivity contribution is -0.144. The maximum Gasteiger partial charge on any atom is 0.344 e. The minimum atomic E-state index is -1.07. The van der Waals surface area contributed by atoms with Crippen molar-refractivity contribution in [3.05, 3.63) is 59.4 Å². The maximum absolute atomic E-state index is 12.4. The van der Waals surface area contributed by atoms with E-state index in [1.807, 2.05) is 12.1 Å². The summed E-state index contributed by atoms with van der Waals surface area (Å²) in [5.41, 5.74) is 1.21. The van der Waals surface area contributed by atoms with Gasteiger partial charge < -0.3 is 19.3 Å². The molecule has 2 aromatic carbocycles. The first-order valence-corrected chi connectivity index (χ1v) is 7.60. The first kappa shape index (κ1) is 16.6. The number of methoxy groups -OCH3 is 1. The van der Waals surface area contributed by atoms with Crippen LogP contribution in [0.3, 0.4) is 0 Å². The molecule has 0 amide bonds. The highest BCUT2D eigenvalue weighted by molar-refractivity contribution is 6.14. The van der Waals surface area contributed by atoms with Gasteiger partial charge in [0, 0.05) is 6.07 Å². The van der Waals surface area contributed by atoms with Crippen LogP contribution in [0, 0.1) is 0 Å². The van der Waals surface area contributed by atoms with Gasteiger partial charge in [-0.2, -0.15) is 0 Å². The van der Waals surface area contributed by atoms with Crippen molar-refractivity contribution in [3.8, 4) is 17.2 Å². The van der Waals surface area contributed by atoms with Crippen LogP contribution in [0.15, 0.2) is 48.2 Å². The summed E-state index contributed by atoms with van der Waals surface area (Å²) in [5, 5.41) is 8.89. The molecule has 0 aromatic heterocycles. The molecule has 25 heavy (non-hydrogen) atoms. The quantitative estimate of drug-likeness (QED) is 0.842. The van der Waals surface area contributed by atoms with Crippen molar-refractivity contribution in [2.75, 3.05) is 7.11 Å². The molecule has 0 bridgehead atoms. The molecule has 1 unspecified atom stereocenters. The van der Waals surface area contributed by atoms with Gasteiger partial charge in [0.25, 0.3) is 0 Å². The van der Waals surface area contributed by atoms with Gasteiger partial charge >= 0.3 is 5.97 Å². The van der Waals surface area contributed by atoms with Gasteiger partial charge in [0.15, 0.2) is 11.9 Å². The van der Waals surface area contributed by atoms with Gasteiger partial charge in [-0.1, -0.05) is 12.1 Å². The number of Topliss-reactive ketones (excluding diaryl/α,β-unsaturated/α-hetero) is 1. The smallest absolute Gasteiger partial charge is 0.344 e. The zero-order chi connectivity index (χ0) is 18.0. The van der Waals surface area contributed by atoms with E-state index in [2.05, 4.69) is 0 Å². The Morgan fingerprint density at radius 2 is 1.84 bits per heavy atom. The van der Waals surface area contributed by atoms with Gasteiger partial charge in [-0.3, -0.25) is 4.79 Å². The average Bonchev–Trinajstić information content (AvgIpc) is 2.91. The van der Waals surface area contributed by atoms with Crippen LogP contribution in [0.5, 0.6) is 17.2 Å². The molecule has 0 aliphatic carbocycles. The summed E-state index contributed by atoms with van der Waals surface area (Å²) in [6, 6.07) is 11.8. The second-order valence-corrected chi connectivity index (χ2v) is 5.47. The van der Waals surface area contributed by atoms with Crippen LogP contribution in [0.1, 0.15) is 22.8 Å². The number of carbonyl (C=O) groups excluding carboxylic acids is 1. The van der Waals surface area contributed by atoms with Gasteiger partial charge in [-0.05, 0) is 42.8 Å². The number of benzene rings is 2. The summed E-state index contributed by atoms with van der Waals surface area (Å²) in [4.78, 5) is 23.3. The Bertz CT molecular complexity index is 851. The highest BCUT2D eigenvalue weighted by Crippen LogP contribution is 2.35. The lowest BCUT2D eigenvalue weighted by Gasteiger charge is -2.10. The Kier molecular flexibility index (Phi) is 4.43. The minimum Gasteiger partial charge on any atom is -0.497 e. The van der Waals surface area contributed by atoms with Crippen LogP contribution in [-0.2, 0) is 4.79 Å². The Labute approximate surface area is 144 Å². The number of carboxylic acid groups (broad SMARTS) is 1.